The molecule has 2 heterocycles. The van der Waals surface area contributed by atoms with Crippen molar-refractivity contribution in [2.45, 2.75) is 13.0 Å². The summed E-state index contributed by atoms with van der Waals surface area (Å²) in [6, 6.07) is 1.75. The van der Waals surface area contributed by atoms with Gasteiger partial charge in [0, 0.05) is 24.2 Å². The first-order valence-electron chi connectivity index (χ1n) is 5.33. The molecule has 1 atom stereocenters. The van der Waals surface area contributed by atoms with Crippen molar-refractivity contribution in [2.24, 2.45) is 0 Å². The van der Waals surface area contributed by atoms with Gasteiger partial charge in [-0.1, -0.05) is 0 Å². The third kappa shape index (κ3) is 2.76. The maximum absolute atomic E-state index is 10.1. The highest BCUT2D eigenvalue weighted by Crippen LogP contribution is 2.21. The smallest absolute Gasteiger partial charge is 0.137 e. The fourth-order valence-corrected chi connectivity index (χ4v) is 1.45. The monoisotopic (exact) mass is 231 g/mol. The van der Waals surface area contributed by atoms with Crippen molar-refractivity contribution in [3.8, 4) is 5.75 Å². The van der Waals surface area contributed by atoms with Crippen LogP contribution < -0.4 is 4.74 Å². The van der Waals surface area contributed by atoms with Crippen LogP contribution in [0.3, 0.4) is 0 Å². The lowest BCUT2D eigenvalue weighted by atomic mass is 10.1. The molecule has 17 heavy (non-hydrogen) atoms. The molecule has 0 fully saturated rings. The number of hydrogen-bond acceptors (Lipinski definition) is 5. The molecule has 0 saturated carbocycles. The van der Waals surface area contributed by atoms with E-state index in [2.05, 4.69) is 15.0 Å². The van der Waals surface area contributed by atoms with Gasteiger partial charge in [-0.15, -0.1) is 0 Å². The standard InChI is InChI=1S/C12H13N3O2/c1-2-17-10-5-9(6-14-7-10)12(16)11-8-13-3-4-15-11/h3-8,12,16H,2H2,1H3. The Labute approximate surface area is 99.2 Å². The molecule has 5 nitrogen and oxygen atoms in total. The van der Waals surface area contributed by atoms with Crippen LogP contribution >= 0.6 is 0 Å². The van der Waals surface area contributed by atoms with Crippen LogP contribution in [0.4, 0.5) is 0 Å². The Morgan fingerprint density at radius 2 is 2.12 bits per heavy atom. The minimum Gasteiger partial charge on any atom is -0.492 e. The molecule has 0 spiro atoms. The number of aliphatic hydroxyl groups is 1. The Morgan fingerprint density at radius 1 is 1.24 bits per heavy atom. The maximum atomic E-state index is 10.1. The first kappa shape index (κ1) is 11.5. The normalized spacial score (nSPS) is 12.1. The van der Waals surface area contributed by atoms with E-state index < -0.39 is 6.10 Å². The Morgan fingerprint density at radius 3 is 2.82 bits per heavy atom. The molecule has 0 saturated heterocycles. The Bertz CT molecular complexity index is 476. The average molecular weight is 231 g/mol. The van der Waals surface area contributed by atoms with Gasteiger partial charge in [-0.3, -0.25) is 15.0 Å². The van der Waals surface area contributed by atoms with Crippen LogP contribution in [0, 0.1) is 0 Å². The molecule has 5 heteroatoms. The van der Waals surface area contributed by atoms with Crippen LogP contribution in [0.15, 0.2) is 37.1 Å². The molecule has 0 amide bonds. The highest BCUT2D eigenvalue weighted by molar-refractivity contribution is 5.28. The number of hydrogen-bond donors (Lipinski definition) is 1. The van der Waals surface area contributed by atoms with Crippen molar-refractivity contribution in [1.29, 1.82) is 0 Å². The summed E-state index contributed by atoms with van der Waals surface area (Å²) in [5, 5.41) is 10.1. The van der Waals surface area contributed by atoms with E-state index in [-0.39, 0.29) is 0 Å². The SMILES string of the molecule is CCOc1cncc(C(O)c2cnccn2)c1. The minimum atomic E-state index is -0.836. The van der Waals surface area contributed by atoms with Gasteiger partial charge in [0.25, 0.3) is 0 Å². The molecule has 0 aliphatic heterocycles. The van der Waals surface area contributed by atoms with Gasteiger partial charge in [0.05, 0.1) is 24.7 Å². The number of rotatable bonds is 4. The van der Waals surface area contributed by atoms with Gasteiger partial charge in [-0.25, -0.2) is 0 Å². The molecule has 0 bridgehead atoms. The predicted molar refractivity (Wildman–Crippen MR) is 61.5 cm³/mol. The molecule has 2 rings (SSSR count). The van der Waals surface area contributed by atoms with E-state index in [1.165, 1.54) is 6.20 Å². The second-order valence-corrected chi connectivity index (χ2v) is 3.42. The summed E-state index contributed by atoms with van der Waals surface area (Å²) in [6.07, 6.45) is 6.98. The molecule has 1 N–H and O–H groups in total. The lowest BCUT2D eigenvalue weighted by Gasteiger charge is -2.10. The van der Waals surface area contributed by atoms with Crippen LogP contribution in [-0.2, 0) is 0 Å². The lowest BCUT2D eigenvalue weighted by Crippen LogP contribution is -2.04. The summed E-state index contributed by atoms with van der Waals surface area (Å²) in [5.41, 5.74) is 1.12. The number of aromatic nitrogens is 3. The van der Waals surface area contributed by atoms with E-state index in [4.69, 9.17) is 4.74 Å². The highest BCUT2D eigenvalue weighted by Gasteiger charge is 2.12. The summed E-state index contributed by atoms with van der Waals surface area (Å²) in [6.45, 7) is 2.46. The molecule has 2 aromatic heterocycles. The maximum Gasteiger partial charge on any atom is 0.137 e. The van der Waals surface area contributed by atoms with Gasteiger partial charge >= 0.3 is 0 Å². The van der Waals surface area contributed by atoms with Crippen molar-refractivity contribution in [3.05, 3.63) is 48.3 Å². The van der Waals surface area contributed by atoms with Crippen molar-refractivity contribution in [2.75, 3.05) is 6.61 Å². The lowest BCUT2D eigenvalue weighted by molar-refractivity contribution is 0.213. The van der Waals surface area contributed by atoms with E-state index in [0.717, 1.165) is 0 Å². The largest absolute Gasteiger partial charge is 0.492 e. The first-order valence-corrected chi connectivity index (χ1v) is 5.33. The van der Waals surface area contributed by atoms with Gasteiger partial charge in [0.15, 0.2) is 0 Å². The predicted octanol–water partition coefficient (Wildman–Crippen LogP) is 1.35. The summed E-state index contributed by atoms with van der Waals surface area (Å²) < 4.78 is 5.32. The summed E-state index contributed by atoms with van der Waals surface area (Å²) in [5.74, 6) is 0.632. The van der Waals surface area contributed by atoms with Crippen LogP contribution in [-0.4, -0.2) is 26.7 Å². The Kier molecular flexibility index (Phi) is 3.62. The van der Waals surface area contributed by atoms with Gasteiger partial charge < -0.3 is 9.84 Å². The second-order valence-electron chi connectivity index (χ2n) is 3.42. The molecule has 88 valence electrons. The van der Waals surface area contributed by atoms with Gasteiger partial charge in [0.2, 0.25) is 0 Å². The van der Waals surface area contributed by atoms with Crippen LogP contribution in [0.25, 0.3) is 0 Å². The third-order valence-electron chi connectivity index (χ3n) is 2.22. The van der Waals surface area contributed by atoms with Crippen molar-refractivity contribution >= 4 is 0 Å². The van der Waals surface area contributed by atoms with Gasteiger partial charge in [0.1, 0.15) is 11.9 Å². The number of ether oxygens (including phenoxy) is 1. The Hall–Kier alpha value is -2.01. The molecular weight excluding hydrogens is 218 g/mol. The van der Waals surface area contributed by atoms with Crippen LogP contribution in [0.5, 0.6) is 5.75 Å². The molecule has 0 aliphatic rings. The quantitative estimate of drug-likeness (QED) is 0.860. The molecule has 0 aromatic carbocycles. The van der Waals surface area contributed by atoms with Crippen LogP contribution in [0.1, 0.15) is 24.3 Å². The Balaban J connectivity index is 2.25. The van der Waals surface area contributed by atoms with E-state index in [0.29, 0.717) is 23.6 Å². The van der Waals surface area contributed by atoms with Gasteiger partial charge in [-0.2, -0.15) is 0 Å². The number of aliphatic hydroxyl groups excluding tert-OH is 1. The number of nitrogens with zero attached hydrogens (tertiary/aromatic N) is 3. The van der Waals surface area contributed by atoms with E-state index in [9.17, 15) is 5.11 Å². The zero-order valence-corrected chi connectivity index (χ0v) is 9.45. The van der Waals surface area contributed by atoms with E-state index in [1.807, 2.05) is 6.92 Å². The van der Waals surface area contributed by atoms with E-state index >= 15 is 0 Å². The summed E-state index contributed by atoms with van der Waals surface area (Å²) >= 11 is 0. The first-order chi connectivity index (χ1) is 8.31. The zero-order valence-electron chi connectivity index (χ0n) is 9.45. The second kappa shape index (κ2) is 5.36. The molecule has 0 aliphatic carbocycles. The highest BCUT2D eigenvalue weighted by atomic mass is 16.5. The van der Waals surface area contributed by atoms with Gasteiger partial charge in [-0.05, 0) is 13.0 Å². The summed E-state index contributed by atoms with van der Waals surface area (Å²) in [7, 11) is 0. The van der Waals surface area contributed by atoms with Crippen molar-refractivity contribution in [1.82, 2.24) is 15.0 Å². The molecule has 1 unspecified atom stereocenters. The molecule has 2 aromatic rings. The molecule has 0 radical (unpaired) electrons. The topological polar surface area (TPSA) is 68.1 Å². The molecular formula is C12H13N3O2. The third-order valence-corrected chi connectivity index (χ3v) is 2.22. The van der Waals surface area contributed by atoms with Crippen molar-refractivity contribution < 1.29 is 9.84 Å². The minimum absolute atomic E-state index is 0.489. The van der Waals surface area contributed by atoms with E-state index in [1.54, 1.807) is 30.9 Å². The van der Waals surface area contributed by atoms with Crippen molar-refractivity contribution in [3.63, 3.8) is 0 Å². The summed E-state index contributed by atoms with van der Waals surface area (Å²) in [4.78, 5) is 12.0. The fraction of sp³-hybridized carbons (Fsp3) is 0.250. The number of pyridine rings is 1. The fourth-order valence-electron chi connectivity index (χ4n) is 1.45. The zero-order chi connectivity index (χ0) is 12.1. The van der Waals surface area contributed by atoms with Crippen LogP contribution in [0.2, 0.25) is 0 Å². The average Bonchev–Trinajstić information content (AvgIpc) is 2.40.